The van der Waals surface area contributed by atoms with Crippen molar-refractivity contribution in [2.24, 2.45) is 0 Å². The number of aromatic nitrogens is 1. The number of benzene rings is 1. The quantitative estimate of drug-likeness (QED) is 0.897. The smallest absolute Gasteiger partial charge is 0.341 e. The van der Waals surface area contributed by atoms with E-state index in [1.165, 1.54) is 23.3 Å². The van der Waals surface area contributed by atoms with Crippen LogP contribution in [0.15, 0.2) is 35.1 Å². The number of nitrogens with zero attached hydrogens (tertiary/aromatic N) is 1. The van der Waals surface area contributed by atoms with Crippen LogP contribution in [0, 0.1) is 0 Å². The van der Waals surface area contributed by atoms with Crippen molar-refractivity contribution >= 4 is 11.9 Å². The maximum absolute atomic E-state index is 12.3. The molecule has 1 aromatic carbocycles. The normalized spacial score (nSPS) is 12.9. The Morgan fingerprint density at radius 3 is 2.48 bits per heavy atom. The second-order valence-corrected chi connectivity index (χ2v) is 5.56. The third-order valence-corrected chi connectivity index (χ3v) is 4.09. The number of hydrogen-bond acceptors (Lipinski definition) is 3. The van der Waals surface area contributed by atoms with Crippen molar-refractivity contribution in [3.05, 3.63) is 57.4 Å². The molecule has 118 valence electrons. The third kappa shape index (κ3) is 2.75. The zero-order valence-electron chi connectivity index (χ0n) is 12.3. The lowest BCUT2D eigenvalue weighted by atomic mass is 10.0. The number of hydrogen-bond donors (Lipinski definition) is 2. The van der Waals surface area contributed by atoms with Crippen LogP contribution in [0.25, 0.3) is 11.3 Å². The van der Waals surface area contributed by atoms with Crippen molar-refractivity contribution in [3.8, 4) is 11.3 Å². The number of pyridine rings is 1. The third-order valence-electron chi connectivity index (χ3n) is 4.09. The summed E-state index contributed by atoms with van der Waals surface area (Å²) >= 11 is 0. The van der Waals surface area contributed by atoms with Gasteiger partial charge in [0.05, 0.1) is 5.69 Å². The van der Waals surface area contributed by atoms with Gasteiger partial charge in [-0.15, -0.1) is 0 Å². The monoisotopic (exact) mass is 313 g/mol. The van der Waals surface area contributed by atoms with Gasteiger partial charge in [0.25, 0.3) is 5.56 Å². The molecule has 1 aliphatic carbocycles. The predicted octanol–water partition coefficient (Wildman–Crippen LogP) is 1.79. The van der Waals surface area contributed by atoms with E-state index in [2.05, 4.69) is 0 Å². The fraction of sp³-hybridized carbons (Fsp3) is 0.235. The van der Waals surface area contributed by atoms with Crippen LogP contribution in [0.3, 0.4) is 0 Å². The summed E-state index contributed by atoms with van der Waals surface area (Å²) in [4.78, 5) is 34.5. The highest BCUT2D eigenvalue weighted by Gasteiger charge is 2.18. The molecule has 0 saturated heterocycles. The Morgan fingerprint density at radius 1 is 1.04 bits per heavy atom. The molecule has 1 aliphatic rings. The molecule has 0 aliphatic heterocycles. The largest absolute Gasteiger partial charge is 0.480 e. The molecule has 2 aromatic rings. The SMILES string of the molecule is O=C(O)Cn1c(-c2ccc3c(c2)CCC3)ccc(C(=O)O)c1=O. The number of aliphatic carboxylic acids is 1. The van der Waals surface area contributed by atoms with Crippen LogP contribution in [0.4, 0.5) is 0 Å². The van der Waals surface area contributed by atoms with Gasteiger partial charge in [-0.05, 0) is 54.2 Å². The fourth-order valence-electron chi connectivity index (χ4n) is 3.02. The molecule has 6 heteroatoms. The first-order chi connectivity index (χ1) is 11.0. The van der Waals surface area contributed by atoms with Crippen molar-refractivity contribution < 1.29 is 19.8 Å². The first-order valence-corrected chi connectivity index (χ1v) is 7.28. The molecular weight excluding hydrogens is 298 g/mol. The van der Waals surface area contributed by atoms with Crippen LogP contribution in [-0.4, -0.2) is 26.7 Å². The molecule has 3 rings (SSSR count). The molecule has 0 unspecified atom stereocenters. The van der Waals surface area contributed by atoms with Gasteiger partial charge in [0.2, 0.25) is 0 Å². The van der Waals surface area contributed by atoms with E-state index in [0.29, 0.717) is 5.69 Å². The Kier molecular flexibility index (Phi) is 3.73. The Bertz CT molecular complexity index is 866. The number of aromatic carboxylic acids is 1. The predicted molar refractivity (Wildman–Crippen MR) is 82.8 cm³/mol. The van der Waals surface area contributed by atoms with Crippen LogP contribution in [-0.2, 0) is 24.2 Å². The van der Waals surface area contributed by atoms with Crippen molar-refractivity contribution in [1.82, 2.24) is 4.57 Å². The molecule has 0 amide bonds. The summed E-state index contributed by atoms with van der Waals surface area (Å²) in [6.45, 7) is -0.577. The lowest BCUT2D eigenvalue weighted by molar-refractivity contribution is -0.137. The van der Waals surface area contributed by atoms with Crippen LogP contribution >= 0.6 is 0 Å². The van der Waals surface area contributed by atoms with Crippen molar-refractivity contribution in [1.29, 1.82) is 0 Å². The lowest BCUT2D eigenvalue weighted by Crippen LogP contribution is -2.30. The highest BCUT2D eigenvalue weighted by molar-refractivity contribution is 5.87. The van der Waals surface area contributed by atoms with Gasteiger partial charge in [-0.3, -0.25) is 14.2 Å². The average Bonchev–Trinajstić information content (AvgIpc) is 2.95. The van der Waals surface area contributed by atoms with Gasteiger partial charge >= 0.3 is 11.9 Å². The summed E-state index contributed by atoms with van der Waals surface area (Å²) in [6, 6.07) is 8.50. The van der Waals surface area contributed by atoms with E-state index in [1.807, 2.05) is 18.2 Å². The minimum atomic E-state index is -1.37. The maximum Gasteiger partial charge on any atom is 0.341 e. The van der Waals surface area contributed by atoms with E-state index in [0.717, 1.165) is 29.4 Å². The summed E-state index contributed by atoms with van der Waals surface area (Å²) in [5.74, 6) is -2.56. The Hall–Kier alpha value is -2.89. The Morgan fingerprint density at radius 2 is 1.78 bits per heavy atom. The van der Waals surface area contributed by atoms with Crippen LogP contribution in [0.5, 0.6) is 0 Å². The van der Waals surface area contributed by atoms with Crippen molar-refractivity contribution in [2.75, 3.05) is 0 Å². The summed E-state index contributed by atoms with van der Waals surface area (Å²) in [5, 5.41) is 18.1. The number of carboxylic acid groups (broad SMARTS) is 2. The van der Waals surface area contributed by atoms with E-state index in [1.54, 1.807) is 0 Å². The zero-order valence-corrected chi connectivity index (χ0v) is 12.3. The Labute approximate surface area is 131 Å². The fourth-order valence-corrected chi connectivity index (χ4v) is 3.02. The molecule has 0 fully saturated rings. The molecule has 0 radical (unpaired) electrons. The van der Waals surface area contributed by atoms with Gasteiger partial charge in [0, 0.05) is 0 Å². The van der Waals surface area contributed by atoms with Crippen LogP contribution in [0.1, 0.15) is 27.9 Å². The van der Waals surface area contributed by atoms with E-state index < -0.39 is 29.6 Å². The highest BCUT2D eigenvalue weighted by atomic mass is 16.4. The Balaban J connectivity index is 2.18. The van der Waals surface area contributed by atoms with Crippen molar-refractivity contribution in [3.63, 3.8) is 0 Å². The molecule has 0 bridgehead atoms. The minimum absolute atomic E-state index is 0.414. The highest BCUT2D eigenvalue weighted by Crippen LogP contribution is 2.27. The molecular formula is C17H15NO5. The molecule has 6 nitrogen and oxygen atoms in total. The molecule has 1 aromatic heterocycles. The second-order valence-electron chi connectivity index (χ2n) is 5.56. The summed E-state index contributed by atoms with van der Waals surface area (Å²) in [7, 11) is 0. The summed E-state index contributed by atoms with van der Waals surface area (Å²) in [5.41, 5.74) is 2.36. The average molecular weight is 313 g/mol. The standard InChI is InChI=1S/C17H15NO5/c19-15(20)9-18-14(7-6-13(16(18)21)17(22)23)12-5-4-10-2-1-3-11(10)8-12/h4-8H,1-3,9H2,(H,19,20)(H,22,23). The summed E-state index contributed by atoms with van der Waals surface area (Å²) in [6.07, 6.45) is 3.06. The molecule has 23 heavy (non-hydrogen) atoms. The second kappa shape index (κ2) is 5.72. The van der Waals surface area contributed by atoms with Crippen molar-refractivity contribution in [2.45, 2.75) is 25.8 Å². The molecule has 0 spiro atoms. The number of aryl methyl sites for hydroxylation is 2. The first kappa shape index (κ1) is 15.0. The summed E-state index contributed by atoms with van der Waals surface area (Å²) < 4.78 is 1.00. The molecule has 0 saturated carbocycles. The van der Waals surface area contributed by atoms with Crippen LogP contribution < -0.4 is 5.56 Å². The van der Waals surface area contributed by atoms with Gasteiger partial charge < -0.3 is 10.2 Å². The zero-order chi connectivity index (χ0) is 16.6. The van der Waals surface area contributed by atoms with Gasteiger partial charge in [0.15, 0.2) is 0 Å². The minimum Gasteiger partial charge on any atom is -0.480 e. The van der Waals surface area contributed by atoms with Gasteiger partial charge in [-0.1, -0.05) is 12.1 Å². The van der Waals surface area contributed by atoms with E-state index in [9.17, 15) is 14.4 Å². The maximum atomic E-state index is 12.3. The molecule has 0 atom stereocenters. The molecule has 2 N–H and O–H groups in total. The number of rotatable bonds is 4. The number of carboxylic acids is 2. The van der Waals surface area contributed by atoms with E-state index in [4.69, 9.17) is 10.2 Å². The van der Waals surface area contributed by atoms with E-state index >= 15 is 0 Å². The molecule has 1 heterocycles. The number of fused-ring (bicyclic) bond motifs is 1. The van der Waals surface area contributed by atoms with Gasteiger partial charge in [0.1, 0.15) is 12.1 Å². The first-order valence-electron chi connectivity index (χ1n) is 7.28. The lowest BCUT2D eigenvalue weighted by Gasteiger charge is -2.13. The van der Waals surface area contributed by atoms with Gasteiger partial charge in [-0.25, -0.2) is 4.79 Å². The van der Waals surface area contributed by atoms with Crippen LogP contribution in [0.2, 0.25) is 0 Å². The van der Waals surface area contributed by atoms with E-state index in [-0.39, 0.29) is 0 Å². The number of carbonyl (C=O) groups is 2. The van der Waals surface area contributed by atoms with Gasteiger partial charge in [-0.2, -0.15) is 0 Å². The topological polar surface area (TPSA) is 96.6 Å².